The van der Waals surface area contributed by atoms with Gasteiger partial charge >= 0.3 is 0 Å². The van der Waals surface area contributed by atoms with Crippen LogP contribution < -0.4 is 0 Å². The highest BCUT2D eigenvalue weighted by Gasteiger charge is 2.23. The fourth-order valence-electron chi connectivity index (χ4n) is 0.259. The minimum atomic E-state index is 0.722. The molecular formula is C4H8O2S. The summed E-state index contributed by atoms with van der Waals surface area (Å²) in [7, 11) is 1.52. The number of hydrogen-bond acceptors (Lipinski definition) is 3. The van der Waals surface area contributed by atoms with Crippen LogP contribution in [0, 0.1) is 0 Å². The molecule has 0 heterocycles. The van der Waals surface area contributed by atoms with Gasteiger partial charge in [0.05, 0.1) is 7.11 Å². The van der Waals surface area contributed by atoms with Gasteiger partial charge in [-0.3, -0.25) is 0 Å². The van der Waals surface area contributed by atoms with Crippen LogP contribution in [-0.2, 0) is 9.22 Å². The van der Waals surface area contributed by atoms with Gasteiger partial charge in [-0.1, -0.05) is 0 Å². The predicted octanol–water partition coefficient (Wildman–Crippen LogP) is 1.38. The van der Waals surface area contributed by atoms with Crippen LogP contribution in [0.4, 0.5) is 0 Å². The Bertz CT molecular complexity index is 53.7. The van der Waals surface area contributed by atoms with Crippen molar-refractivity contribution in [2.45, 2.75) is 18.1 Å². The molecule has 0 N–H and O–H groups in total. The average molecular weight is 120 g/mol. The van der Waals surface area contributed by atoms with Crippen LogP contribution in [0.25, 0.3) is 0 Å². The minimum Gasteiger partial charge on any atom is -0.228 e. The van der Waals surface area contributed by atoms with E-state index in [1.165, 1.54) is 32.0 Å². The largest absolute Gasteiger partial charge is 0.228 e. The second-order valence-corrected chi connectivity index (χ2v) is 2.53. The zero-order valence-corrected chi connectivity index (χ0v) is 5.03. The number of rotatable bonds is 3. The maximum atomic E-state index is 4.57. The van der Waals surface area contributed by atoms with E-state index >= 15 is 0 Å². The van der Waals surface area contributed by atoms with Crippen molar-refractivity contribution in [1.82, 2.24) is 0 Å². The molecule has 0 aromatic rings. The van der Waals surface area contributed by atoms with E-state index in [0.717, 1.165) is 5.25 Å². The van der Waals surface area contributed by atoms with E-state index in [0.29, 0.717) is 0 Å². The SMILES string of the molecule is COOSC1CC1. The van der Waals surface area contributed by atoms with Gasteiger partial charge in [0.1, 0.15) is 0 Å². The van der Waals surface area contributed by atoms with Crippen LogP contribution in [0.5, 0.6) is 0 Å². The normalized spacial score (nSPS) is 20.1. The zero-order chi connectivity index (χ0) is 5.11. The van der Waals surface area contributed by atoms with Gasteiger partial charge in [0.15, 0.2) is 0 Å². The molecule has 7 heavy (non-hydrogen) atoms. The third-order valence-corrected chi connectivity index (χ3v) is 1.73. The van der Waals surface area contributed by atoms with Crippen LogP contribution in [0.3, 0.4) is 0 Å². The minimum absolute atomic E-state index is 0.722. The topological polar surface area (TPSA) is 18.5 Å². The Balaban J connectivity index is 1.80. The summed E-state index contributed by atoms with van der Waals surface area (Å²) in [6, 6.07) is 0. The van der Waals surface area contributed by atoms with Crippen molar-refractivity contribution in [2.75, 3.05) is 7.11 Å². The summed E-state index contributed by atoms with van der Waals surface area (Å²) in [5, 5.41) is 0.722. The lowest BCUT2D eigenvalue weighted by molar-refractivity contribution is -0.160. The van der Waals surface area contributed by atoms with Gasteiger partial charge in [0.2, 0.25) is 0 Å². The third-order valence-electron chi connectivity index (χ3n) is 0.768. The molecule has 0 aromatic heterocycles. The Morgan fingerprint density at radius 3 is 2.71 bits per heavy atom. The second kappa shape index (κ2) is 2.55. The van der Waals surface area contributed by atoms with Crippen molar-refractivity contribution < 1.29 is 9.22 Å². The van der Waals surface area contributed by atoms with Crippen molar-refractivity contribution in [1.29, 1.82) is 0 Å². The Kier molecular flexibility index (Phi) is 1.97. The molecule has 0 saturated heterocycles. The van der Waals surface area contributed by atoms with E-state index in [4.69, 9.17) is 0 Å². The van der Waals surface area contributed by atoms with Crippen LogP contribution in [0.2, 0.25) is 0 Å². The van der Waals surface area contributed by atoms with Crippen molar-refractivity contribution in [2.24, 2.45) is 0 Å². The molecule has 1 saturated carbocycles. The summed E-state index contributed by atoms with van der Waals surface area (Å²) in [5.74, 6) is 0. The molecule has 1 rings (SSSR count). The van der Waals surface area contributed by atoms with E-state index in [1.807, 2.05) is 0 Å². The predicted molar refractivity (Wildman–Crippen MR) is 28.7 cm³/mol. The Morgan fingerprint density at radius 1 is 1.57 bits per heavy atom. The van der Waals surface area contributed by atoms with Crippen LogP contribution in [0.15, 0.2) is 0 Å². The van der Waals surface area contributed by atoms with Crippen LogP contribution >= 0.6 is 12.0 Å². The van der Waals surface area contributed by atoms with Gasteiger partial charge in [-0.2, -0.15) is 4.33 Å². The van der Waals surface area contributed by atoms with Crippen molar-refractivity contribution in [3.63, 3.8) is 0 Å². The molecule has 1 fully saturated rings. The summed E-state index contributed by atoms with van der Waals surface area (Å²) in [4.78, 5) is 4.36. The molecule has 0 amide bonds. The number of hydrogen-bond donors (Lipinski definition) is 0. The first kappa shape index (κ1) is 5.41. The molecular weight excluding hydrogens is 112 g/mol. The molecule has 0 aliphatic heterocycles. The van der Waals surface area contributed by atoms with Gasteiger partial charge in [-0.05, 0) is 12.8 Å². The van der Waals surface area contributed by atoms with E-state index < -0.39 is 0 Å². The van der Waals surface area contributed by atoms with E-state index in [9.17, 15) is 0 Å². The lowest BCUT2D eigenvalue weighted by Gasteiger charge is -1.90. The third kappa shape index (κ3) is 2.16. The molecule has 1 aliphatic carbocycles. The molecule has 0 unspecified atom stereocenters. The molecule has 0 radical (unpaired) electrons. The fraction of sp³-hybridized carbons (Fsp3) is 1.00. The summed E-state index contributed by atoms with van der Waals surface area (Å²) < 4.78 is 4.57. The van der Waals surface area contributed by atoms with Crippen molar-refractivity contribution in [3.8, 4) is 0 Å². The maximum absolute atomic E-state index is 4.57. The Morgan fingerprint density at radius 2 is 2.29 bits per heavy atom. The molecule has 3 heteroatoms. The van der Waals surface area contributed by atoms with E-state index in [-0.39, 0.29) is 0 Å². The summed E-state index contributed by atoms with van der Waals surface area (Å²) >= 11 is 1.42. The van der Waals surface area contributed by atoms with E-state index in [2.05, 4.69) is 9.22 Å². The van der Waals surface area contributed by atoms with Gasteiger partial charge in [0.25, 0.3) is 0 Å². The Labute approximate surface area is 47.3 Å². The highest BCUT2D eigenvalue weighted by Crippen LogP contribution is 2.34. The molecule has 42 valence electrons. The van der Waals surface area contributed by atoms with Gasteiger partial charge < -0.3 is 0 Å². The maximum Gasteiger partial charge on any atom is 0.0725 e. The average Bonchev–Trinajstić information content (AvgIpc) is 2.42. The molecule has 2 nitrogen and oxygen atoms in total. The molecule has 0 bridgehead atoms. The summed E-state index contributed by atoms with van der Waals surface area (Å²) in [6.07, 6.45) is 2.57. The quantitative estimate of drug-likeness (QED) is 0.318. The van der Waals surface area contributed by atoms with Gasteiger partial charge in [-0.25, -0.2) is 4.89 Å². The standard InChI is InChI=1S/C4H8O2S/c1-5-6-7-4-2-3-4/h4H,2-3H2,1H3. The van der Waals surface area contributed by atoms with Crippen LogP contribution in [0.1, 0.15) is 12.8 Å². The highest BCUT2D eigenvalue weighted by atomic mass is 32.2. The first-order valence-electron chi connectivity index (χ1n) is 2.29. The second-order valence-electron chi connectivity index (χ2n) is 1.53. The van der Waals surface area contributed by atoms with Crippen molar-refractivity contribution in [3.05, 3.63) is 0 Å². The van der Waals surface area contributed by atoms with Crippen LogP contribution in [-0.4, -0.2) is 12.4 Å². The molecule has 0 aromatic carbocycles. The lowest BCUT2D eigenvalue weighted by Crippen LogP contribution is -1.77. The van der Waals surface area contributed by atoms with Crippen molar-refractivity contribution >= 4 is 12.0 Å². The Hall–Kier alpha value is 0.270. The van der Waals surface area contributed by atoms with Gasteiger partial charge in [0, 0.05) is 17.3 Å². The first-order valence-corrected chi connectivity index (χ1v) is 3.10. The first-order chi connectivity index (χ1) is 3.43. The molecule has 1 aliphatic rings. The summed E-state index contributed by atoms with van der Waals surface area (Å²) in [5.41, 5.74) is 0. The van der Waals surface area contributed by atoms with E-state index in [1.54, 1.807) is 0 Å². The lowest BCUT2D eigenvalue weighted by atomic mass is 11.0. The van der Waals surface area contributed by atoms with Gasteiger partial charge in [-0.15, -0.1) is 0 Å². The highest BCUT2D eigenvalue weighted by molar-refractivity contribution is 7.95. The zero-order valence-electron chi connectivity index (χ0n) is 4.22. The molecule has 0 spiro atoms. The smallest absolute Gasteiger partial charge is 0.0725 e. The fourth-order valence-corrected chi connectivity index (χ4v) is 0.777. The monoisotopic (exact) mass is 120 g/mol. The summed E-state index contributed by atoms with van der Waals surface area (Å²) in [6.45, 7) is 0. The molecule has 0 atom stereocenters.